The standard InChI is InChI=1S/C26H22ClNO5/c1-13(2)28-14(3)11-20(15(28)4)21(29)12-33-26(32)19-10-9-18-22(23(19)27)25(31)17-8-6-5-7-16(17)24(18)30/h5-11,13H,12H2,1-4H3. The van der Waals surface area contributed by atoms with Gasteiger partial charge in [-0.2, -0.15) is 0 Å². The molecule has 0 saturated heterocycles. The van der Waals surface area contributed by atoms with Gasteiger partial charge in [0.05, 0.1) is 16.1 Å². The zero-order valence-electron chi connectivity index (χ0n) is 18.7. The lowest BCUT2D eigenvalue weighted by atomic mass is 9.83. The smallest absolute Gasteiger partial charge is 0.340 e. The fourth-order valence-electron chi connectivity index (χ4n) is 4.44. The minimum Gasteiger partial charge on any atom is -0.454 e. The number of fused-ring (bicyclic) bond motifs is 2. The summed E-state index contributed by atoms with van der Waals surface area (Å²) >= 11 is 6.40. The number of ketones is 3. The Morgan fingerprint density at radius 3 is 2.18 bits per heavy atom. The van der Waals surface area contributed by atoms with Gasteiger partial charge in [0.2, 0.25) is 5.78 Å². The van der Waals surface area contributed by atoms with Crippen LogP contribution in [0.4, 0.5) is 0 Å². The molecule has 0 spiro atoms. The van der Waals surface area contributed by atoms with Gasteiger partial charge in [-0.1, -0.05) is 35.9 Å². The van der Waals surface area contributed by atoms with E-state index in [0.29, 0.717) is 11.1 Å². The highest BCUT2D eigenvalue weighted by atomic mass is 35.5. The van der Waals surface area contributed by atoms with Crippen molar-refractivity contribution in [2.75, 3.05) is 6.61 Å². The van der Waals surface area contributed by atoms with E-state index in [4.69, 9.17) is 16.3 Å². The molecular formula is C26H22ClNO5. The Bertz CT molecular complexity index is 1350. The van der Waals surface area contributed by atoms with Crippen LogP contribution in [-0.4, -0.2) is 34.5 Å². The van der Waals surface area contributed by atoms with E-state index in [1.807, 2.05) is 32.3 Å². The fourth-order valence-corrected chi connectivity index (χ4v) is 4.77. The van der Waals surface area contributed by atoms with Crippen LogP contribution in [-0.2, 0) is 4.74 Å². The number of aromatic nitrogens is 1. The van der Waals surface area contributed by atoms with E-state index in [2.05, 4.69) is 0 Å². The molecule has 0 unspecified atom stereocenters. The Hall–Kier alpha value is -3.51. The minimum absolute atomic E-state index is 0.0263. The van der Waals surface area contributed by atoms with Gasteiger partial charge in [0, 0.05) is 39.7 Å². The van der Waals surface area contributed by atoms with Crippen molar-refractivity contribution in [2.45, 2.75) is 33.7 Å². The summed E-state index contributed by atoms with van der Waals surface area (Å²) in [5.41, 5.74) is 2.80. The molecule has 1 heterocycles. The van der Waals surface area contributed by atoms with Crippen LogP contribution in [0.1, 0.15) is 83.8 Å². The van der Waals surface area contributed by atoms with Crippen LogP contribution in [0.15, 0.2) is 42.5 Å². The van der Waals surface area contributed by atoms with Crippen LogP contribution in [0.2, 0.25) is 5.02 Å². The second kappa shape index (κ2) is 8.45. The van der Waals surface area contributed by atoms with Crippen molar-refractivity contribution in [3.05, 3.63) is 92.3 Å². The quantitative estimate of drug-likeness (QED) is 0.302. The number of hydrogen-bond donors (Lipinski definition) is 0. The number of halogens is 1. The highest BCUT2D eigenvalue weighted by molar-refractivity contribution is 6.41. The molecule has 0 fully saturated rings. The monoisotopic (exact) mass is 463 g/mol. The first-order valence-corrected chi connectivity index (χ1v) is 10.9. The Balaban J connectivity index is 1.58. The molecule has 6 nitrogen and oxygen atoms in total. The summed E-state index contributed by atoms with van der Waals surface area (Å²) in [4.78, 5) is 51.2. The lowest BCUT2D eigenvalue weighted by molar-refractivity contribution is 0.0474. The maximum atomic E-state index is 13.0. The molecule has 0 N–H and O–H groups in total. The van der Waals surface area contributed by atoms with Gasteiger partial charge >= 0.3 is 5.97 Å². The van der Waals surface area contributed by atoms with Gasteiger partial charge in [0.25, 0.3) is 0 Å². The predicted octanol–water partition coefficient (Wildman–Crippen LogP) is 5.15. The molecule has 4 rings (SSSR count). The number of ether oxygens (including phenoxy) is 1. The number of carbonyl (C=O) groups is 4. The predicted molar refractivity (Wildman–Crippen MR) is 124 cm³/mol. The lowest BCUT2D eigenvalue weighted by Crippen LogP contribution is -2.23. The Kier molecular flexibility index (Phi) is 5.80. The second-order valence-electron chi connectivity index (χ2n) is 8.30. The molecule has 0 bridgehead atoms. The van der Waals surface area contributed by atoms with Crippen molar-refractivity contribution in [1.82, 2.24) is 4.57 Å². The van der Waals surface area contributed by atoms with Crippen LogP contribution >= 0.6 is 11.6 Å². The molecule has 0 amide bonds. The van der Waals surface area contributed by atoms with Crippen molar-refractivity contribution in [3.63, 3.8) is 0 Å². The molecule has 0 atom stereocenters. The first kappa shape index (κ1) is 22.7. The van der Waals surface area contributed by atoms with Crippen LogP contribution in [0.5, 0.6) is 0 Å². The van der Waals surface area contributed by atoms with Crippen molar-refractivity contribution in [3.8, 4) is 0 Å². The average Bonchev–Trinajstić information content (AvgIpc) is 3.09. The zero-order valence-corrected chi connectivity index (χ0v) is 19.4. The van der Waals surface area contributed by atoms with Crippen LogP contribution in [0, 0.1) is 13.8 Å². The van der Waals surface area contributed by atoms with Gasteiger partial charge < -0.3 is 9.30 Å². The van der Waals surface area contributed by atoms with Gasteiger partial charge in [-0.25, -0.2) is 4.79 Å². The molecule has 3 aromatic rings. The molecular weight excluding hydrogens is 442 g/mol. The summed E-state index contributed by atoms with van der Waals surface area (Å²) in [7, 11) is 0. The van der Waals surface area contributed by atoms with Gasteiger partial charge in [-0.05, 0) is 45.9 Å². The number of rotatable bonds is 5. The number of benzene rings is 2. The summed E-state index contributed by atoms with van der Waals surface area (Å²) in [5, 5.41) is -0.157. The van der Waals surface area contributed by atoms with Crippen molar-refractivity contribution in [1.29, 1.82) is 0 Å². The number of carbonyl (C=O) groups excluding carboxylic acids is 4. The molecule has 1 aliphatic rings. The SMILES string of the molecule is Cc1cc(C(=O)COC(=O)c2ccc3c(c2Cl)C(=O)c2ccccc2C3=O)c(C)n1C(C)C. The van der Waals surface area contributed by atoms with E-state index in [1.54, 1.807) is 30.3 Å². The maximum Gasteiger partial charge on any atom is 0.340 e. The number of Topliss-reactive ketones (excluding diaryl/α,β-unsaturated/α-hetero) is 1. The molecule has 0 saturated carbocycles. The summed E-state index contributed by atoms with van der Waals surface area (Å²) in [5.74, 6) is -1.94. The van der Waals surface area contributed by atoms with Gasteiger partial charge in [-0.15, -0.1) is 0 Å². The Morgan fingerprint density at radius 2 is 1.58 bits per heavy atom. The fraction of sp³-hybridized carbons (Fsp3) is 0.231. The highest BCUT2D eigenvalue weighted by Crippen LogP contribution is 2.34. The third-order valence-electron chi connectivity index (χ3n) is 5.89. The second-order valence-corrected chi connectivity index (χ2v) is 8.68. The van der Waals surface area contributed by atoms with Crippen LogP contribution in [0.3, 0.4) is 0 Å². The first-order chi connectivity index (χ1) is 15.6. The van der Waals surface area contributed by atoms with E-state index in [-0.39, 0.29) is 44.9 Å². The maximum absolute atomic E-state index is 13.0. The van der Waals surface area contributed by atoms with E-state index >= 15 is 0 Å². The number of esters is 1. The number of hydrogen-bond acceptors (Lipinski definition) is 5. The van der Waals surface area contributed by atoms with Crippen LogP contribution < -0.4 is 0 Å². The van der Waals surface area contributed by atoms with E-state index in [9.17, 15) is 19.2 Å². The molecule has 33 heavy (non-hydrogen) atoms. The van der Waals surface area contributed by atoms with Gasteiger partial charge in [-0.3, -0.25) is 14.4 Å². The average molecular weight is 464 g/mol. The lowest BCUT2D eigenvalue weighted by Gasteiger charge is -2.19. The third kappa shape index (κ3) is 3.70. The third-order valence-corrected chi connectivity index (χ3v) is 6.28. The molecule has 1 aromatic heterocycles. The van der Waals surface area contributed by atoms with Gasteiger partial charge in [0.1, 0.15) is 0 Å². The molecule has 2 aromatic carbocycles. The van der Waals surface area contributed by atoms with E-state index in [0.717, 1.165) is 11.4 Å². The summed E-state index contributed by atoms with van der Waals surface area (Å²) in [6.45, 7) is 7.35. The summed E-state index contributed by atoms with van der Waals surface area (Å²) in [6, 6.07) is 11.2. The number of nitrogens with zero attached hydrogens (tertiary/aromatic N) is 1. The first-order valence-electron chi connectivity index (χ1n) is 10.5. The van der Waals surface area contributed by atoms with E-state index < -0.39 is 18.4 Å². The molecule has 0 radical (unpaired) electrons. The van der Waals surface area contributed by atoms with Gasteiger partial charge in [0.15, 0.2) is 18.2 Å². The largest absolute Gasteiger partial charge is 0.454 e. The minimum atomic E-state index is -0.840. The number of aryl methyl sites for hydroxylation is 1. The Labute approximate surface area is 196 Å². The molecule has 0 aliphatic heterocycles. The Morgan fingerprint density at radius 1 is 0.939 bits per heavy atom. The van der Waals surface area contributed by atoms with Crippen molar-refractivity contribution >= 4 is 34.9 Å². The topological polar surface area (TPSA) is 82.4 Å². The molecule has 1 aliphatic carbocycles. The zero-order chi connectivity index (χ0) is 24.0. The van der Waals surface area contributed by atoms with Crippen molar-refractivity contribution in [2.24, 2.45) is 0 Å². The highest BCUT2D eigenvalue weighted by Gasteiger charge is 2.33. The summed E-state index contributed by atoms with van der Waals surface area (Å²) < 4.78 is 7.27. The van der Waals surface area contributed by atoms with Crippen LogP contribution in [0.25, 0.3) is 0 Å². The van der Waals surface area contributed by atoms with Crippen molar-refractivity contribution < 1.29 is 23.9 Å². The van der Waals surface area contributed by atoms with E-state index in [1.165, 1.54) is 12.1 Å². The summed E-state index contributed by atoms with van der Waals surface area (Å²) in [6.07, 6.45) is 0. The molecule has 7 heteroatoms. The molecule has 168 valence electrons. The normalized spacial score (nSPS) is 12.5.